The molecule has 1 atom stereocenters. The Kier molecular flexibility index (Phi) is 6.44. The highest BCUT2D eigenvalue weighted by atomic mass is 32.2. The van der Waals surface area contributed by atoms with Gasteiger partial charge in [0, 0.05) is 4.88 Å². The van der Waals surface area contributed by atoms with Crippen molar-refractivity contribution in [3.05, 3.63) is 50.9 Å². The molecule has 1 N–H and O–H groups in total. The monoisotopic (exact) mass is 404 g/mol. The molecule has 0 radical (unpaired) electrons. The van der Waals surface area contributed by atoms with Gasteiger partial charge in [-0.3, -0.25) is 4.79 Å². The number of ether oxygens (including phenoxy) is 2. The van der Waals surface area contributed by atoms with Gasteiger partial charge in [0.15, 0.2) is 0 Å². The molecule has 27 heavy (non-hydrogen) atoms. The van der Waals surface area contributed by atoms with Crippen LogP contribution >= 0.6 is 23.1 Å². The van der Waals surface area contributed by atoms with Crippen LogP contribution in [0.2, 0.25) is 0 Å². The Morgan fingerprint density at radius 2 is 1.93 bits per heavy atom. The SMILES string of the molecule is COc1ccc(OCCCSC(C)c2nc3sc(C)c(C)c3c(=O)[nH]2)cc1. The van der Waals surface area contributed by atoms with Gasteiger partial charge in [-0.1, -0.05) is 0 Å². The number of methoxy groups -OCH3 is 1. The molecule has 2 aromatic heterocycles. The number of nitrogens with zero attached hydrogens (tertiary/aromatic N) is 1. The third kappa shape index (κ3) is 4.65. The standard InChI is InChI=1S/C20H24N2O3S2/c1-12-13(2)27-20-17(12)19(23)21-18(22-20)14(3)26-11-5-10-25-16-8-6-15(24-4)7-9-16/h6-9,14H,5,10-11H2,1-4H3,(H,21,22,23). The average Bonchev–Trinajstić information content (AvgIpc) is 2.96. The largest absolute Gasteiger partial charge is 0.497 e. The lowest BCUT2D eigenvalue weighted by Gasteiger charge is -2.11. The summed E-state index contributed by atoms with van der Waals surface area (Å²) in [5.74, 6) is 3.34. The van der Waals surface area contributed by atoms with Crippen molar-refractivity contribution in [3.63, 3.8) is 0 Å². The zero-order chi connectivity index (χ0) is 19.4. The molecule has 0 aliphatic rings. The molecule has 0 saturated heterocycles. The molecule has 1 unspecified atom stereocenters. The van der Waals surface area contributed by atoms with Crippen molar-refractivity contribution in [2.75, 3.05) is 19.5 Å². The Morgan fingerprint density at radius 1 is 1.22 bits per heavy atom. The van der Waals surface area contributed by atoms with E-state index < -0.39 is 0 Å². The van der Waals surface area contributed by atoms with Crippen LogP contribution in [-0.2, 0) is 0 Å². The summed E-state index contributed by atoms with van der Waals surface area (Å²) in [6.07, 6.45) is 0.921. The maximum absolute atomic E-state index is 12.4. The van der Waals surface area contributed by atoms with Crippen LogP contribution in [0.25, 0.3) is 10.2 Å². The van der Waals surface area contributed by atoms with Gasteiger partial charge in [-0.05, 0) is 62.8 Å². The van der Waals surface area contributed by atoms with Crippen molar-refractivity contribution >= 4 is 33.3 Å². The average molecular weight is 405 g/mol. The minimum absolute atomic E-state index is 0.0351. The van der Waals surface area contributed by atoms with Gasteiger partial charge in [0.05, 0.1) is 24.4 Å². The smallest absolute Gasteiger partial charge is 0.259 e. The van der Waals surface area contributed by atoms with Gasteiger partial charge in [-0.25, -0.2) is 4.98 Å². The predicted molar refractivity (Wildman–Crippen MR) is 114 cm³/mol. The van der Waals surface area contributed by atoms with Gasteiger partial charge in [-0.2, -0.15) is 11.8 Å². The van der Waals surface area contributed by atoms with Gasteiger partial charge in [0.1, 0.15) is 22.2 Å². The summed E-state index contributed by atoms with van der Waals surface area (Å²) >= 11 is 3.36. The Labute approximate surface area is 167 Å². The van der Waals surface area contributed by atoms with Crippen LogP contribution < -0.4 is 15.0 Å². The number of aromatic nitrogens is 2. The van der Waals surface area contributed by atoms with E-state index >= 15 is 0 Å². The van der Waals surface area contributed by atoms with Gasteiger partial charge in [0.25, 0.3) is 5.56 Å². The normalized spacial score (nSPS) is 12.3. The van der Waals surface area contributed by atoms with E-state index in [2.05, 4.69) is 16.9 Å². The van der Waals surface area contributed by atoms with E-state index in [0.717, 1.165) is 50.2 Å². The van der Waals surface area contributed by atoms with E-state index in [1.54, 1.807) is 30.2 Å². The molecular formula is C20H24N2O3S2. The van der Waals surface area contributed by atoms with E-state index in [0.29, 0.717) is 6.61 Å². The molecule has 1 aromatic carbocycles. The molecular weight excluding hydrogens is 380 g/mol. The van der Waals surface area contributed by atoms with Gasteiger partial charge < -0.3 is 14.5 Å². The first kappa shape index (κ1) is 19.8. The number of hydrogen-bond donors (Lipinski definition) is 1. The van der Waals surface area contributed by atoms with E-state index in [-0.39, 0.29) is 10.8 Å². The zero-order valence-electron chi connectivity index (χ0n) is 16.0. The summed E-state index contributed by atoms with van der Waals surface area (Å²) in [4.78, 5) is 22.0. The summed E-state index contributed by atoms with van der Waals surface area (Å²) in [6, 6.07) is 7.59. The molecule has 144 valence electrons. The van der Waals surface area contributed by atoms with Crippen molar-refractivity contribution in [3.8, 4) is 11.5 Å². The number of nitrogens with one attached hydrogen (secondary N) is 1. The molecule has 2 heterocycles. The Hall–Kier alpha value is -1.99. The van der Waals surface area contributed by atoms with E-state index in [1.807, 2.05) is 38.1 Å². The van der Waals surface area contributed by atoms with Crippen LogP contribution in [-0.4, -0.2) is 29.4 Å². The second kappa shape index (κ2) is 8.80. The van der Waals surface area contributed by atoms with Crippen molar-refractivity contribution in [2.24, 2.45) is 0 Å². The highest BCUT2D eigenvalue weighted by Gasteiger charge is 2.15. The molecule has 0 saturated carbocycles. The van der Waals surface area contributed by atoms with E-state index in [1.165, 1.54) is 0 Å². The van der Waals surface area contributed by atoms with Gasteiger partial charge in [-0.15, -0.1) is 11.3 Å². The predicted octanol–water partition coefficient (Wildman–Crippen LogP) is 4.87. The van der Waals surface area contributed by atoms with Crippen LogP contribution in [0.4, 0.5) is 0 Å². The minimum atomic E-state index is -0.0351. The molecule has 0 amide bonds. The summed E-state index contributed by atoms with van der Waals surface area (Å²) in [6.45, 7) is 6.73. The van der Waals surface area contributed by atoms with Gasteiger partial charge >= 0.3 is 0 Å². The lowest BCUT2D eigenvalue weighted by molar-refractivity contribution is 0.318. The second-order valence-corrected chi connectivity index (χ2v) is 8.96. The number of H-pyrrole nitrogens is 1. The fraction of sp³-hybridized carbons (Fsp3) is 0.400. The Morgan fingerprint density at radius 3 is 2.63 bits per heavy atom. The Balaban J connectivity index is 1.51. The molecule has 0 fully saturated rings. The summed E-state index contributed by atoms with van der Waals surface area (Å²) < 4.78 is 10.9. The number of rotatable bonds is 8. The highest BCUT2D eigenvalue weighted by molar-refractivity contribution is 7.99. The number of thioether (sulfide) groups is 1. The van der Waals surface area contributed by atoms with Gasteiger partial charge in [0.2, 0.25) is 0 Å². The fourth-order valence-corrected chi connectivity index (χ4v) is 4.67. The first-order valence-corrected chi connectivity index (χ1v) is 10.7. The van der Waals surface area contributed by atoms with Crippen LogP contribution in [0, 0.1) is 13.8 Å². The van der Waals surface area contributed by atoms with Crippen LogP contribution in [0.1, 0.15) is 34.9 Å². The number of aryl methyl sites for hydroxylation is 2. The quantitative estimate of drug-likeness (QED) is 0.543. The highest BCUT2D eigenvalue weighted by Crippen LogP contribution is 2.30. The van der Waals surface area contributed by atoms with E-state index in [4.69, 9.17) is 9.47 Å². The summed E-state index contributed by atoms with van der Waals surface area (Å²) in [5, 5.41) is 0.858. The van der Waals surface area contributed by atoms with Crippen LogP contribution in [0.5, 0.6) is 11.5 Å². The molecule has 0 spiro atoms. The van der Waals surface area contributed by atoms with Crippen molar-refractivity contribution in [1.82, 2.24) is 9.97 Å². The first-order valence-electron chi connectivity index (χ1n) is 8.88. The fourth-order valence-electron chi connectivity index (χ4n) is 2.72. The molecule has 7 heteroatoms. The number of fused-ring (bicyclic) bond motifs is 1. The molecule has 3 rings (SSSR count). The molecule has 5 nitrogen and oxygen atoms in total. The third-order valence-electron chi connectivity index (χ3n) is 4.43. The molecule has 3 aromatic rings. The second-order valence-electron chi connectivity index (χ2n) is 6.31. The van der Waals surface area contributed by atoms with Crippen molar-refractivity contribution in [2.45, 2.75) is 32.4 Å². The Bertz CT molecular complexity index is 964. The maximum atomic E-state index is 12.4. The topological polar surface area (TPSA) is 64.2 Å². The molecule has 0 aliphatic carbocycles. The van der Waals surface area contributed by atoms with Crippen molar-refractivity contribution in [1.29, 1.82) is 0 Å². The molecule has 0 bridgehead atoms. The van der Waals surface area contributed by atoms with Crippen LogP contribution in [0.3, 0.4) is 0 Å². The molecule has 0 aliphatic heterocycles. The van der Waals surface area contributed by atoms with E-state index in [9.17, 15) is 4.79 Å². The van der Waals surface area contributed by atoms with Crippen molar-refractivity contribution < 1.29 is 9.47 Å². The third-order valence-corrected chi connectivity index (χ3v) is 6.78. The number of aromatic amines is 1. The number of hydrogen-bond acceptors (Lipinski definition) is 6. The number of benzene rings is 1. The van der Waals surface area contributed by atoms with Crippen LogP contribution in [0.15, 0.2) is 29.1 Å². The minimum Gasteiger partial charge on any atom is -0.497 e. The lowest BCUT2D eigenvalue weighted by atomic mass is 10.2. The number of thiophene rings is 1. The summed E-state index contributed by atoms with van der Waals surface area (Å²) in [7, 11) is 1.65. The summed E-state index contributed by atoms with van der Waals surface area (Å²) in [5.41, 5.74) is 0.999. The first-order chi connectivity index (χ1) is 13.0. The maximum Gasteiger partial charge on any atom is 0.259 e. The zero-order valence-corrected chi connectivity index (χ0v) is 17.6. The lowest BCUT2D eigenvalue weighted by Crippen LogP contribution is -2.12.